The summed E-state index contributed by atoms with van der Waals surface area (Å²) in [6.07, 6.45) is 3.28. The van der Waals surface area contributed by atoms with Crippen molar-refractivity contribution in [3.8, 4) is 11.4 Å². The zero-order valence-electron chi connectivity index (χ0n) is 14.7. The molecule has 0 saturated carbocycles. The molecule has 0 bridgehead atoms. The summed E-state index contributed by atoms with van der Waals surface area (Å²) in [5, 5.41) is 21.5. The largest absolute Gasteiger partial charge is 0.508 e. The molecule has 1 amide bonds. The Morgan fingerprint density at radius 2 is 1.88 bits per heavy atom. The number of benzene rings is 1. The maximum absolute atomic E-state index is 12.9. The van der Waals surface area contributed by atoms with E-state index in [9.17, 15) is 9.90 Å². The smallest absolute Gasteiger partial charge is 0.236 e. The van der Waals surface area contributed by atoms with Gasteiger partial charge in [-0.15, -0.1) is 5.10 Å². The van der Waals surface area contributed by atoms with E-state index in [1.54, 1.807) is 28.9 Å². The number of nitrogens with zero attached hydrogens (tertiary/aromatic N) is 5. The molecule has 2 heterocycles. The van der Waals surface area contributed by atoms with Crippen LogP contribution in [0.1, 0.15) is 40.0 Å². The normalized spacial score (nSPS) is 22.0. The van der Waals surface area contributed by atoms with E-state index in [-0.39, 0.29) is 29.0 Å². The Morgan fingerprint density at radius 1 is 1.24 bits per heavy atom. The van der Waals surface area contributed by atoms with Crippen molar-refractivity contribution < 1.29 is 9.90 Å². The average Bonchev–Trinajstić information content (AvgIpc) is 3.03. The number of phenolic OH excluding ortho intramolecular Hbond substituents is 1. The van der Waals surface area contributed by atoms with Crippen LogP contribution in [0.3, 0.4) is 0 Å². The van der Waals surface area contributed by atoms with E-state index in [0.717, 1.165) is 18.5 Å². The van der Waals surface area contributed by atoms with Crippen LogP contribution in [0.25, 0.3) is 5.69 Å². The van der Waals surface area contributed by atoms with Crippen molar-refractivity contribution in [2.45, 2.75) is 62.5 Å². The van der Waals surface area contributed by atoms with E-state index >= 15 is 0 Å². The molecule has 3 atom stereocenters. The number of carbonyl (C=O) groups is 1. The van der Waals surface area contributed by atoms with Gasteiger partial charge in [0.15, 0.2) is 0 Å². The molecule has 8 heteroatoms. The van der Waals surface area contributed by atoms with Gasteiger partial charge in [-0.1, -0.05) is 11.8 Å². The minimum Gasteiger partial charge on any atom is -0.508 e. The third kappa shape index (κ3) is 3.78. The van der Waals surface area contributed by atoms with Gasteiger partial charge in [0.1, 0.15) is 5.75 Å². The number of rotatable bonds is 4. The van der Waals surface area contributed by atoms with Crippen LogP contribution in [0.4, 0.5) is 0 Å². The minimum absolute atomic E-state index is 0.130. The average molecular weight is 361 g/mol. The van der Waals surface area contributed by atoms with Gasteiger partial charge in [0.2, 0.25) is 11.1 Å². The van der Waals surface area contributed by atoms with E-state index in [1.807, 2.05) is 11.8 Å². The number of hydrogen-bond donors (Lipinski definition) is 1. The van der Waals surface area contributed by atoms with Crippen molar-refractivity contribution in [3.05, 3.63) is 24.3 Å². The molecular weight excluding hydrogens is 338 g/mol. The van der Waals surface area contributed by atoms with E-state index in [2.05, 4.69) is 29.4 Å². The van der Waals surface area contributed by atoms with Crippen LogP contribution < -0.4 is 0 Å². The number of hydrogen-bond acceptors (Lipinski definition) is 6. The van der Waals surface area contributed by atoms with Crippen LogP contribution in [0.15, 0.2) is 29.4 Å². The molecule has 0 spiro atoms. The molecule has 1 aliphatic rings. The Hall–Kier alpha value is -2.09. The number of likely N-dealkylation sites (tertiary alicyclic amines) is 1. The summed E-state index contributed by atoms with van der Waals surface area (Å²) in [5.41, 5.74) is 0.740. The Labute approximate surface area is 151 Å². The molecule has 1 saturated heterocycles. The Kier molecular flexibility index (Phi) is 5.27. The van der Waals surface area contributed by atoms with Crippen LogP contribution in [-0.4, -0.2) is 53.5 Å². The monoisotopic (exact) mass is 361 g/mol. The number of aromatic nitrogens is 4. The third-order valence-corrected chi connectivity index (χ3v) is 5.63. The van der Waals surface area contributed by atoms with Crippen molar-refractivity contribution in [2.75, 3.05) is 0 Å². The molecule has 1 aromatic carbocycles. The topological polar surface area (TPSA) is 84.1 Å². The molecule has 3 rings (SSSR count). The number of phenols is 1. The first kappa shape index (κ1) is 17.7. The summed E-state index contributed by atoms with van der Waals surface area (Å²) in [6.45, 7) is 6.13. The van der Waals surface area contributed by atoms with Gasteiger partial charge in [-0.2, -0.15) is 4.68 Å². The number of tetrazole rings is 1. The van der Waals surface area contributed by atoms with Crippen molar-refractivity contribution in [2.24, 2.45) is 0 Å². The summed E-state index contributed by atoms with van der Waals surface area (Å²) >= 11 is 1.35. The highest BCUT2D eigenvalue weighted by atomic mass is 32.2. The van der Waals surface area contributed by atoms with Gasteiger partial charge in [0, 0.05) is 12.1 Å². The fourth-order valence-electron chi connectivity index (χ4n) is 3.28. The van der Waals surface area contributed by atoms with Crippen LogP contribution in [0.5, 0.6) is 5.75 Å². The third-order valence-electron chi connectivity index (χ3n) is 4.61. The molecule has 1 N–H and O–H groups in total. The Balaban J connectivity index is 1.75. The Bertz CT molecular complexity index is 723. The highest BCUT2D eigenvalue weighted by molar-refractivity contribution is 8.00. The predicted molar refractivity (Wildman–Crippen MR) is 95.8 cm³/mol. The molecule has 7 nitrogen and oxygen atoms in total. The second-order valence-electron chi connectivity index (χ2n) is 6.52. The van der Waals surface area contributed by atoms with Gasteiger partial charge in [-0.05, 0) is 74.7 Å². The van der Waals surface area contributed by atoms with E-state index in [0.29, 0.717) is 5.16 Å². The SMILES string of the molecule is C[C@@H](Sc1nnnn1-c1ccc(O)cc1)C(=O)N1[C@@H](C)CCC[C@@H]1C. The van der Waals surface area contributed by atoms with Gasteiger partial charge in [0.25, 0.3) is 0 Å². The highest BCUT2D eigenvalue weighted by Gasteiger charge is 2.32. The molecule has 0 radical (unpaired) electrons. The van der Waals surface area contributed by atoms with Gasteiger partial charge >= 0.3 is 0 Å². The number of carbonyl (C=O) groups excluding carboxylic acids is 1. The molecule has 1 aromatic heterocycles. The second kappa shape index (κ2) is 7.43. The lowest BCUT2D eigenvalue weighted by Crippen LogP contribution is -2.50. The van der Waals surface area contributed by atoms with E-state index in [1.165, 1.54) is 18.2 Å². The number of aromatic hydroxyl groups is 1. The van der Waals surface area contributed by atoms with Gasteiger partial charge in [0.05, 0.1) is 10.9 Å². The van der Waals surface area contributed by atoms with Crippen molar-refractivity contribution in [1.29, 1.82) is 0 Å². The van der Waals surface area contributed by atoms with Crippen LogP contribution in [0.2, 0.25) is 0 Å². The summed E-state index contributed by atoms with van der Waals surface area (Å²) in [7, 11) is 0. The van der Waals surface area contributed by atoms with Crippen LogP contribution in [0, 0.1) is 0 Å². The standard InChI is InChI=1S/C17H23N5O2S/c1-11-5-4-6-12(2)21(11)16(24)13(3)25-17-18-19-20-22(17)14-7-9-15(23)10-8-14/h7-13,23H,4-6H2,1-3H3/t11-,12-,13+/m0/s1. The molecule has 25 heavy (non-hydrogen) atoms. The minimum atomic E-state index is -0.273. The fourth-order valence-corrected chi connectivity index (χ4v) is 4.15. The number of piperidine rings is 1. The first-order chi connectivity index (χ1) is 12.0. The van der Waals surface area contributed by atoms with Gasteiger partial charge < -0.3 is 10.0 Å². The van der Waals surface area contributed by atoms with Crippen molar-refractivity contribution in [3.63, 3.8) is 0 Å². The molecule has 134 valence electrons. The maximum Gasteiger partial charge on any atom is 0.236 e. The number of thioether (sulfide) groups is 1. The van der Waals surface area contributed by atoms with Crippen molar-refractivity contribution >= 4 is 17.7 Å². The lowest BCUT2D eigenvalue weighted by molar-refractivity contribution is -0.136. The van der Waals surface area contributed by atoms with E-state index < -0.39 is 0 Å². The van der Waals surface area contributed by atoms with Crippen LogP contribution in [-0.2, 0) is 4.79 Å². The molecular formula is C17H23N5O2S. The maximum atomic E-state index is 12.9. The lowest BCUT2D eigenvalue weighted by Gasteiger charge is -2.40. The molecule has 1 fully saturated rings. The predicted octanol–water partition coefficient (Wildman–Crippen LogP) is 2.64. The summed E-state index contributed by atoms with van der Waals surface area (Å²) in [4.78, 5) is 14.9. The lowest BCUT2D eigenvalue weighted by atomic mass is 9.97. The molecule has 2 aromatic rings. The molecule has 0 aliphatic carbocycles. The van der Waals surface area contributed by atoms with Gasteiger partial charge in [-0.3, -0.25) is 4.79 Å². The summed E-state index contributed by atoms with van der Waals surface area (Å²) < 4.78 is 1.58. The fraction of sp³-hybridized carbons (Fsp3) is 0.529. The van der Waals surface area contributed by atoms with Crippen molar-refractivity contribution in [1.82, 2.24) is 25.1 Å². The summed E-state index contributed by atoms with van der Waals surface area (Å²) in [6, 6.07) is 7.17. The zero-order chi connectivity index (χ0) is 18.0. The molecule has 1 aliphatic heterocycles. The van der Waals surface area contributed by atoms with Crippen LogP contribution >= 0.6 is 11.8 Å². The van der Waals surface area contributed by atoms with E-state index in [4.69, 9.17) is 0 Å². The quantitative estimate of drug-likeness (QED) is 0.843. The highest BCUT2D eigenvalue weighted by Crippen LogP contribution is 2.29. The second-order valence-corrected chi connectivity index (χ2v) is 7.83. The zero-order valence-corrected chi connectivity index (χ0v) is 15.5. The van der Waals surface area contributed by atoms with Gasteiger partial charge in [-0.25, -0.2) is 0 Å². The summed E-state index contributed by atoms with van der Waals surface area (Å²) in [5.74, 6) is 0.313. The molecule has 0 unspecified atom stereocenters. The first-order valence-electron chi connectivity index (χ1n) is 8.54. The Morgan fingerprint density at radius 3 is 2.52 bits per heavy atom. The first-order valence-corrected chi connectivity index (χ1v) is 9.42. The number of amides is 1.